The predicted octanol–water partition coefficient (Wildman–Crippen LogP) is 3.73. The lowest BCUT2D eigenvalue weighted by atomic mass is 10.2. The number of anilines is 2. The molecular formula is C14H11ClN4. The van der Waals surface area contributed by atoms with E-state index >= 15 is 0 Å². The molecule has 0 saturated carbocycles. The summed E-state index contributed by atoms with van der Waals surface area (Å²) in [6.45, 7) is 1.96. The molecule has 0 amide bonds. The first kappa shape index (κ1) is 11.9. The van der Waals surface area contributed by atoms with Crippen molar-refractivity contribution in [2.24, 2.45) is 0 Å². The predicted molar refractivity (Wildman–Crippen MR) is 76.8 cm³/mol. The molecule has 19 heavy (non-hydrogen) atoms. The first-order valence-electron chi connectivity index (χ1n) is 5.83. The Labute approximate surface area is 115 Å². The first-order chi connectivity index (χ1) is 9.22. The molecule has 0 aromatic carbocycles. The minimum absolute atomic E-state index is 0.602. The van der Waals surface area contributed by atoms with Crippen molar-refractivity contribution in [3.8, 4) is 0 Å². The maximum absolute atomic E-state index is 5.81. The van der Waals surface area contributed by atoms with Crippen LogP contribution < -0.4 is 5.32 Å². The van der Waals surface area contributed by atoms with Crippen LogP contribution >= 0.6 is 11.6 Å². The maximum atomic E-state index is 5.81. The Hall–Kier alpha value is -2.20. The molecule has 0 spiro atoms. The fourth-order valence-corrected chi connectivity index (χ4v) is 1.92. The number of hydrogen-bond donors (Lipinski definition) is 1. The van der Waals surface area contributed by atoms with E-state index in [1.807, 2.05) is 25.1 Å². The molecule has 0 bridgehead atoms. The highest BCUT2D eigenvalue weighted by Gasteiger charge is 2.05. The van der Waals surface area contributed by atoms with Gasteiger partial charge >= 0.3 is 0 Å². The zero-order valence-electron chi connectivity index (χ0n) is 10.3. The lowest BCUT2D eigenvalue weighted by Crippen LogP contribution is -1.98. The van der Waals surface area contributed by atoms with Gasteiger partial charge in [0, 0.05) is 23.5 Å². The molecule has 3 rings (SSSR count). The van der Waals surface area contributed by atoms with Gasteiger partial charge in [-0.05, 0) is 31.2 Å². The van der Waals surface area contributed by atoms with Gasteiger partial charge in [-0.3, -0.25) is 0 Å². The minimum atomic E-state index is 0.602. The van der Waals surface area contributed by atoms with Gasteiger partial charge in [0.25, 0.3) is 0 Å². The second kappa shape index (κ2) is 4.82. The van der Waals surface area contributed by atoms with Crippen LogP contribution in [-0.2, 0) is 0 Å². The zero-order valence-corrected chi connectivity index (χ0v) is 11.0. The highest BCUT2D eigenvalue weighted by Crippen LogP contribution is 2.22. The van der Waals surface area contributed by atoms with Gasteiger partial charge in [-0.15, -0.1) is 0 Å². The van der Waals surface area contributed by atoms with E-state index in [9.17, 15) is 0 Å². The van der Waals surface area contributed by atoms with Crippen molar-refractivity contribution < 1.29 is 0 Å². The monoisotopic (exact) mass is 270 g/mol. The normalized spacial score (nSPS) is 10.6. The van der Waals surface area contributed by atoms with E-state index in [0.717, 1.165) is 16.6 Å². The van der Waals surface area contributed by atoms with Crippen LogP contribution in [0.4, 0.5) is 11.6 Å². The molecule has 0 aliphatic heterocycles. The van der Waals surface area contributed by atoms with Crippen LogP contribution in [-0.4, -0.2) is 15.0 Å². The van der Waals surface area contributed by atoms with Gasteiger partial charge in [-0.25, -0.2) is 15.0 Å². The summed E-state index contributed by atoms with van der Waals surface area (Å²) in [5.74, 6) is 1.38. The molecule has 5 heteroatoms. The van der Waals surface area contributed by atoms with Gasteiger partial charge in [-0.2, -0.15) is 0 Å². The molecule has 0 aliphatic carbocycles. The van der Waals surface area contributed by atoms with Crippen LogP contribution in [0.5, 0.6) is 0 Å². The summed E-state index contributed by atoms with van der Waals surface area (Å²) in [6, 6.07) is 9.52. The van der Waals surface area contributed by atoms with Gasteiger partial charge in [0.1, 0.15) is 11.3 Å². The average molecular weight is 271 g/mol. The topological polar surface area (TPSA) is 50.7 Å². The fraction of sp³-hybridized carbons (Fsp3) is 0.0714. The number of nitrogens with one attached hydrogen (secondary N) is 1. The lowest BCUT2D eigenvalue weighted by Gasteiger charge is -2.07. The molecule has 0 unspecified atom stereocenters. The van der Waals surface area contributed by atoms with Crippen molar-refractivity contribution in [2.45, 2.75) is 6.92 Å². The largest absolute Gasteiger partial charge is 0.323 e. The number of halogens is 1. The number of pyridine rings is 3. The Balaban J connectivity index is 2.05. The van der Waals surface area contributed by atoms with Crippen LogP contribution in [0.15, 0.2) is 42.7 Å². The van der Waals surface area contributed by atoms with E-state index in [2.05, 4.69) is 20.3 Å². The number of fused-ring (bicyclic) bond motifs is 1. The molecule has 0 atom stereocenters. The van der Waals surface area contributed by atoms with Crippen molar-refractivity contribution in [3.05, 3.63) is 53.4 Å². The van der Waals surface area contributed by atoms with Gasteiger partial charge < -0.3 is 5.32 Å². The number of nitrogens with zero attached hydrogens (tertiary/aromatic N) is 3. The summed E-state index contributed by atoms with van der Waals surface area (Å²) in [6.07, 6.45) is 3.34. The molecule has 1 N–H and O–H groups in total. The Morgan fingerprint density at radius 2 is 1.95 bits per heavy atom. The van der Waals surface area contributed by atoms with Gasteiger partial charge in [0.2, 0.25) is 0 Å². The summed E-state index contributed by atoms with van der Waals surface area (Å²) >= 11 is 5.81. The third-order valence-electron chi connectivity index (χ3n) is 2.72. The van der Waals surface area contributed by atoms with Crippen molar-refractivity contribution >= 4 is 34.1 Å². The molecule has 0 saturated heterocycles. The van der Waals surface area contributed by atoms with E-state index in [1.165, 1.54) is 0 Å². The summed E-state index contributed by atoms with van der Waals surface area (Å²) in [5.41, 5.74) is 1.78. The van der Waals surface area contributed by atoms with Crippen molar-refractivity contribution in [1.82, 2.24) is 15.0 Å². The molecule has 0 radical (unpaired) electrons. The van der Waals surface area contributed by atoms with Gasteiger partial charge in [0.05, 0.1) is 5.02 Å². The van der Waals surface area contributed by atoms with E-state index in [0.29, 0.717) is 16.7 Å². The van der Waals surface area contributed by atoms with Crippen molar-refractivity contribution in [2.75, 3.05) is 5.32 Å². The molecule has 0 aliphatic rings. The van der Waals surface area contributed by atoms with E-state index in [1.54, 1.807) is 24.5 Å². The Morgan fingerprint density at radius 3 is 2.74 bits per heavy atom. The SMILES string of the molecule is Cc1ccc2ccnc(Nc3ccc(Cl)cn3)c2n1. The fourth-order valence-electron chi connectivity index (χ4n) is 1.81. The number of aromatic nitrogens is 3. The molecule has 94 valence electrons. The molecule has 3 aromatic rings. The van der Waals surface area contributed by atoms with E-state index < -0.39 is 0 Å². The molecule has 3 heterocycles. The summed E-state index contributed by atoms with van der Waals surface area (Å²) < 4.78 is 0. The highest BCUT2D eigenvalue weighted by atomic mass is 35.5. The Bertz CT molecular complexity index is 725. The summed E-state index contributed by atoms with van der Waals surface area (Å²) in [5, 5.41) is 4.80. The highest BCUT2D eigenvalue weighted by molar-refractivity contribution is 6.30. The maximum Gasteiger partial charge on any atom is 0.158 e. The minimum Gasteiger partial charge on any atom is -0.323 e. The Morgan fingerprint density at radius 1 is 1.05 bits per heavy atom. The van der Waals surface area contributed by atoms with Crippen LogP contribution in [0.25, 0.3) is 10.9 Å². The van der Waals surface area contributed by atoms with Gasteiger partial charge in [-0.1, -0.05) is 17.7 Å². The van der Waals surface area contributed by atoms with Crippen LogP contribution in [0.3, 0.4) is 0 Å². The van der Waals surface area contributed by atoms with Gasteiger partial charge in [0.15, 0.2) is 5.82 Å². The standard InChI is InChI=1S/C14H11ClN4/c1-9-2-3-10-6-7-16-14(13(10)18-9)19-12-5-4-11(15)8-17-12/h2-8H,1H3,(H,16,17,19). The summed E-state index contributed by atoms with van der Waals surface area (Å²) in [4.78, 5) is 13.0. The number of rotatable bonds is 2. The van der Waals surface area contributed by atoms with E-state index in [-0.39, 0.29) is 0 Å². The lowest BCUT2D eigenvalue weighted by molar-refractivity contribution is 1.21. The molecule has 3 aromatic heterocycles. The van der Waals surface area contributed by atoms with Crippen LogP contribution in [0.2, 0.25) is 5.02 Å². The quantitative estimate of drug-likeness (QED) is 0.771. The smallest absolute Gasteiger partial charge is 0.158 e. The second-order valence-corrected chi connectivity index (χ2v) is 4.61. The molecular weight excluding hydrogens is 260 g/mol. The van der Waals surface area contributed by atoms with Crippen LogP contribution in [0, 0.1) is 6.92 Å². The molecule has 0 fully saturated rings. The van der Waals surface area contributed by atoms with Crippen molar-refractivity contribution in [1.29, 1.82) is 0 Å². The third kappa shape index (κ3) is 2.48. The van der Waals surface area contributed by atoms with E-state index in [4.69, 9.17) is 11.6 Å². The number of hydrogen-bond acceptors (Lipinski definition) is 4. The average Bonchev–Trinajstić information content (AvgIpc) is 2.42. The zero-order chi connectivity index (χ0) is 13.2. The Kier molecular flexibility index (Phi) is 3.01. The van der Waals surface area contributed by atoms with Crippen molar-refractivity contribution in [3.63, 3.8) is 0 Å². The first-order valence-corrected chi connectivity index (χ1v) is 6.21. The number of aryl methyl sites for hydroxylation is 1. The summed E-state index contributed by atoms with van der Waals surface area (Å²) in [7, 11) is 0. The molecule has 4 nitrogen and oxygen atoms in total. The second-order valence-electron chi connectivity index (χ2n) is 4.17. The third-order valence-corrected chi connectivity index (χ3v) is 2.95. The van der Waals surface area contributed by atoms with Crippen LogP contribution in [0.1, 0.15) is 5.69 Å².